The van der Waals surface area contributed by atoms with Crippen molar-refractivity contribution >= 4 is 44.4 Å². The fraction of sp³-hybridized carbons (Fsp3) is 0.379. The van der Waals surface area contributed by atoms with Gasteiger partial charge in [-0.05, 0) is 56.4 Å². The smallest absolute Gasteiger partial charge is 0.310 e. The second-order valence-electron chi connectivity index (χ2n) is 10.7. The van der Waals surface area contributed by atoms with Crippen LogP contribution in [0.1, 0.15) is 48.0 Å². The van der Waals surface area contributed by atoms with Gasteiger partial charge in [0.05, 0.1) is 33.4 Å². The predicted molar refractivity (Wildman–Crippen MR) is 148 cm³/mol. The Morgan fingerprint density at radius 3 is 2.53 bits per heavy atom. The van der Waals surface area contributed by atoms with Crippen LogP contribution in [-0.2, 0) is 9.63 Å². The number of pyridine rings is 1. The van der Waals surface area contributed by atoms with E-state index in [4.69, 9.17) is 9.82 Å². The summed E-state index contributed by atoms with van der Waals surface area (Å²) < 4.78 is 0.859. The Bertz CT molecular complexity index is 1460. The lowest BCUT2D eigenvalue weighted by molar-refractivity contribution is -0.152. The number of aliphatic carboxylic acids is 1. The third-order valence-corrected chi connectivity index (χ3v) is 8.94. The summed E-state index contributed by atoms with van der Waals surface area (Å²) in [4.78, 5) is 37.1. The summed E-state index contributed by atoms with van der Waals surface area (Å²) >= 11 is 3.55. The Balaban J connectivity index is 1.42. The summed E-state index contributed by atoms with van der Waals surface area (Å²) in [5.74, 6) is -1.02. The molecule has 1 aromatic heterocycles. The highest BCUT2D eigenvalue weighted by Crippen LogP contribution is 2.51. The first-order valence-electron chi connectivity index (χ1n) is 13.0. The summed E-state index contributed by atoms with van der Waals surface area (Å²) in [6.45, 7) is 3.35. The second kappa shape index (κ2) is 9.47. The molecule has 2 aromatic carbocycles. The minimum absolute atomic E-state index is 0.0337. The molecule has 1 aliphatic heterocycles. The number of hydrogen-bond acceptors (Lipinski definition) is 6. The molecule has 4 aliphatic rings. The average Bonchev–Trinajstić information content (AvgIpc) is 2.88. The van der Waals surface area contributed by atoms with Gasteiger partial charge in [0.25, 0.3) is 5.91 Å². The molecule has 3 N–H and O–H groups in total. The minimum atomic E-state index is -0.850. The van der Waals surface area contributed by atoms with E-state index in [2.05, 4.69) is 31.7 Å². The maximum atomic E-state index is 14.2. The number of benzene rings is 2. The lowest BCUT2D eigenvalue weighted by Crippen LogP contribution is -2.64. The third kappa shape index (κ3) is 4.18. The molecule has 38 heavy (non-hydrogen) atoms. The molecule has 196 valence electrons. The van der Waals surface area contributed by atoms with Crippen molar-refractivity contribution in [1.82, 2.24) is 15.6 Å². The zero-order valence-corrected chi connectivity index (χ0v) is 22.7. The van der Waals surface area contributed by atoms with Gasteiger partial charge in [0.15, 0.2) is 6.10 Å². The Labute approximate surface area is 229 Å². The normalized spacial score (nSPS) is 25.8. The zero-order valence-electron chi connectivity index (χ0n) is 21.1. The molecule has 4 fully saturated rings. The summed E-state index contributed by atoms with van der Waals surface area (Å²) in [5, 5.41) is 21.7. The topological polar surface area (TPSA) is 113 Å². The Hall–Kier alpha value is -3.30. The molecule has 9 heteroatoms. The Kier molecular flexibility index (Phi) is 6.23. The highest BCUT2D eigenvalue weighted by Gasteiger charge is 2.57. The number of nitrogens with zero attached hydrogens (tertiary/aromatic N) is 2. The fourth-order valence-electron chi connectivity index (χ4n) is 5.97. The molecule has 1 amide bonds. The predicted octanol–water partition coefficient (Wildman–Crippen LogP) is 4.83. The fourth-order valence-corrected chi connectivity index (χ4v) is 6.33. The van der Waals surface area contributed by atoms with Crippen LogP contribution in [0, 0.1) is 12.3 Å². The van der Waals surface area contributed by atoms with Crippen molar-refractivity contribution < 1.29 is 19.5 Å². The van der Waals surface area contributed by atoms with Crippen LogP contribution in [0.25, 0.3) is 22.2 Å². The van der Waals surface area contributed by atoms with Crippen molar-refractivity contribution in [2.24, 2.45) is 10.6 Å². The van der Waals surface area contributed by atoms with Crippen LogP contribution in [0.4, 0.5) is 0 Å². The number of aromatic nitrogens is 1. The number of halogens is 1. The molecule has 0 unspecified atom stereocenters. The first-order valence-corrected chi connectivity index (χ1v) is 13.7. The number of nitrogens with one attached hydrogen (secondary N) is 2. The molecular formula is C29H29BrN4O4. The number of oxime groups is 1. The maximum absolute atomic E-state index is 14.2. The molecule has 7 rings (SSSR count). The van der Waals surface area contributed by atoms with E-state index in [1.165, 1.54) is 0 Å². The average molecular weight is 577 g/mol. The van der Waals surface area contributed by atoms with Crippen LogP contribution >= 0.6 is 15.9 Å². The van der Waals surface area contributed by atoms with Crippen molar-refractivity contribution in [2.45, 2.75) is 50.7 Å². The molecule has 3 aromatic rings. The standard InChI is InChI=1S/C29H29BrN4O4/c1-17-24(21-13-19(30)7-8-22(21)32-25(17)18-5-3-2-4-6-18)26(35)33-29-11-9-28(10-12-29,27(36)37)14-23(29)34-38-20-15-31-16-20/h2-8,13,20,31H,9-12,14-16H2,1H3,(H,33,35)(H,36,37)/b34-23+. The van der Waals surface area contributed by atoms with Gasteiger partial charge in [0.1, 0.15) is 0 Å². The summed E-state index contributed by atoms with van der Waals surface area (Å²) in [6, 6.07) is 15.6. The van der Waals surface area contributed by atoms with Crippen molar-refractivity contribution in [3.63, 3.8) is 0 Å². The van der Waals surface area contributed by atoms with E-state index >= 15 is 0 Å². The van der Waals surface area contributed by atoms with E-state index in [1.54, 1.807) is 0 Å². The number of carboxylic acids is 1. The summed E-state index contributed by atoms with van der Waals surface area (Å²) in [7, 11) is 0. The molecule has 1 saturated heterocycles. The van der Waals surface area contributed by atoms with Crippen LogP contribution in [0.15, 0.2) is 58.2 Å². The number of fused-ring (bicyclic) bond motifs is 4. The lowest BCUT2D eigenvalue weighted by atomic mass is 9.56. The molecule has 0 radical (unpaired) electrons. The van der Waals surface area contributed by atoms with E-state index in [0.717, 1.165) is 32.2 Å². The second-order valence-corrected chi connectivity index (χ2v) is 11.6. The molecule has 2 bridgehead atoms. The van der Waals surface area contributed by atoms with Gasteiger partial charge in [0.2, 0.25) is 0 Å². The molecule has 8 nitrogen and oxygen atoms in total. The molecule has 0 spiro atoms. The molecule has 3 saturated carbocycles. The quantitative estimate of drug-likeness (QED) is 0.362. The van der Waals surface area contributed by atoms with Gasteiger partial charge in [0, 0.05) is 34.9 Å². The number of carbonyl (C=O) groups is 2. The Morgan fingerprint density at radius 1 is 1.13 bits per heavy atom. The van der Waals surface area contributed by atoms with Gasteiger partial charge < -0.3 is 20.6 Å². The number of rotatable bonds is 6. The van der Waals surface area contributed by atoms with Gasteiger partial charge in [-0.1, -0.05) is 51.4 Å². The number of amides is 1. The monoisotopic (exact) mass is 576 g/mol. The third-order valence-electron chi connectivity index (χ3n) is 8.45. The van der Waals surface area contributed by atoms with E-state index < -0.39 is 16.9 Å². The zero-order chi connectivity index (χ0) is 26.5. The first kappa shape index (κ1) is 25.0. The van der Waals surface area contributed by atoms with E-state index in [9.17, 15) is 14.7 Å². The van der Waals surface area contributed by atoms with Gasteiger partial charge in [-0.15, -0.1) is 0 Å². The largest absolute Gasteiger partial charge is 0.481 e. The van der Waals surface area contributed by atoms with Crippen molar-refractivity contribution in [3.8, 4) is 11.3 Å². The van der Waals surface area contributed by atoms with E-state index in [0.29, 0.717) is 50.0 Å². The SMILES string of the molecule is Cc1c(-c2ccccc2)nc2ccc(Br)cc2c1C(=O)NC12CCC(C(=O)O)(CC1)C/C2=N\OC1CNC1. The number of carboxylic acid groups (broad SMARTS) is 1. The van der Waals surface area contributed by atoms with Gasteiger partial charge in [-0.3, -0.25) is 9.59 Å². The number of hydrogen-bond donors (Lipinski definition) is 3. The van der Waals surface area contributed by atoms with Crippen molar-refractivity contribution in [1.29, 1.82) is 0 Å². The van der Waals surface area contributed by atoms with Crippen LogP contribution in [0.5, 0.6) is 0 Å². The molecule has 0 atom stereocenters. The molecule has 3 aliphatic carbocycles. The highest BCUT2D eigenvalue weighted by atomic mass is 79.9. The van der Waals surface area contributed by atoms with Crippen LogP contribution < -0.4 is 10.6 Å². The minimum Gasteiger partial charge on any atom is -0.481 e. The van der Waals surface area contributed by atoms with Crippen LogP contribution in [0.2, 0.25) is 0 Å². The van der Waals surface area contributed by atoms with Crippen LogP contribution in [0.3, 0.4) is 0 Å². The van der Waals surface area contributed by atoms with Crippen LogP contribution in [-0.4, -0.2) is 52.4 Å². The van der Waals surface area contributed by atoms with Crippen molar-refractivity contribution in [3.05, 3.63) is 64.1 Å². The maximum Gasteiger partial charge on any atom is 0.310 e. The summed E-state index contributed by atoms with van der Waals surface area (Å²) in [6.07, 6.45) is 2.24. The van der Waals surface area contributed by atoms with E-state index in [-0.39, 0.29) is 18.4 Å². The van der Waals surface area contributed by atoms with Gasteiger partial charge >= 0.3 is 5.97 Å². The Morgan fingerprint density at radius 2 is 1.87 bits per heavy atom. The lowest BCUT2D eigenvalue weighted by Gasteiger charge is -2.51. The molecule has 2 heterocycles. The van der Waals surface area contributed by atoms with Gasteiger partial charge in [-0.25, -0.2) is 4.98 Å². The first-order chi connectivity index (χ1) is 18.3. The van der Waals surface area contributed by atoms with E-state index in [1.807, 2.05) is 55.5 Å². The van der Waals surface area contributed by atoms with Crippen molar-refractivity contribution in [2.75, 3.05) is 13.1 Å². The number of carbonyl (C=O) groups excluding carboxylic acids is 1. The summed E-state index contributed by atoms with van der Waals surface area (Å²) in [5.41, 5.74) is 2.81. The molecular weight excluding hydrogens is 548 g/mol. The van der Waals surface area contributed by atoms with Gasteiger partial charge in [-0.2, -0.15) is 0 Å². The highest BCUT2D eigenvalue weighted by molar-refractivity contribution is 9.10.